The molecule has 1 atom stereocenters. The molecule has 1 aliphatic heterocycles. The van der Waals surface area contributed by atoms with Gasteiger partial charge in [0.15, 0.2) is 5.17 Å². The van der Waals surface area contributed by atoms with Gasteiger partial charge in [0.2, 0.25) is 0 Å². The summed E-state index contributed by atoms with van der Waals surface area (Å²) in [6.07, 6.45) is 0. The second kappa shape index (κ2) is 7.61. The summed E-state index contributed by atoms with van der Waals surface area (Å²) >= 11 is 1.14. The van der Waals surface area contributed by atoms with Gasteiger partial charge in [-0.3, -0.25) is 9.69 Å². The highest BCUT2D eigenvalue weighted by Crippen LogP contribution is 2.42. The van der Waals surface area contributed by atoms with Crippen LogP contribution in [-0.2, 0) is 14.8 Å². The number of nitrogens with zero attached hydrogens (tertiary/aromatic N) is 2. The summed E-state index contributed by atoms with van der Waals surface area (Å²) in [5.41, 5.74) is 1.39. The predicted octanol–water partition coefficient (Wildman–Crippen LogP) is 4.25. The molecule has 0 N–H and O–H groups in total. The first kappa shape index (κ1) is 18.5. The SMILES string of the molecule is O=C1C(c2ccccc2)S/C(=N\S(=O)(=O)c2ccccc2)N1c1ccccc1. The van der Waals surface area contributed by atoms with Crippen molar-refractivity contribution in [3.63, 3.8) is 0 Å². The average Bonchev–Trinajstić information content (AvgIpc) is 3.05. The first-order valence-corrected chi connectivity index (χ1v) is 10.9. The molecule has 4 rings (SSSR count). The smallest absolute Gasteiger partial charge is 0.272 e. The summed E-state index contributed by atoms with van der Waals surface area (Å²) in [6.45, 7) is 0. The fourth-order valence-corrected chi connectivity index (χ4v) is 5.25. The Morgan fingerprint density at radius 2 is 1.32 bits per heavy atom. The van der Waals surface area contributed by atoms with Crippen molar-refractivity contribution in [1.29, 1.82) is 0 Å². The number of amides is 1. The summed E-state index contributed by atoms with van der Waals surface area (Å²) in [4.78, 5) is 14.6. The van der Waals surface area contributed by atoms with Crippen LogP contribution in [0.1, 0.15) is 10.8 Å². The molecule has 5 nitrogen and oxygen atoms in total. The molecular weight excluding hydrogens is 392 g/mol. The third kappa shape index (κ3) is 3.58. The highest BCUT2D eigenvalue weighted by Gasteiger charge is 2.41. The number of rotatable bonds is 4. The van der Waals surface area contributed by atoms with Gasteiger partial charge in [0.1, 0.15) is 5.25 Å². The van der Waals surface area contributed by atoms with Gasteiger partial charge in [-0.1, -0.05) is 78.5 Å². The summed E-state index contributed by atoms with van der Waals surface area (Å²) < 4.78 is 29.6. The molecule has 7 heteroatoms. The fourth-order valence-electron chi connectivity index (χ4n) is 2.88. The van der Waals surface area contributed by atoms with Crippen LogP contribution in [0.25, 0.3) is 0 Å². The fraction of sp³-hybridized carbons (Fsp3) is 0.0476. The van der Waals surface area contributed by atoms with Crippen LogP contribution in [0.15, 0.2) is 100 Å². The first-order chi connectivity index (χ1) is 13.6. The Morgan fingerprint density at radius 1 is 0.786 bits per heavy atom. The lowest BCUT2D eigenvalue weighted by molar-refractivity contribution is -0.117. The minimum atomic E-state index is -3.94. The third-order valence-corrected chi connectivity index (χ3v) is 6.81. The van der Waals surface area contributed by atoms with Crippen molar-refractivity contribution in [2.75, 3.05) is 4.90 Å². The van der Waals surface area contributed by atoms with Crippen molar-refractivity contribution in [1.82, 2.24) is 0 Å². The molecule has 1 heterocycles. The van der Waals surface area contributed by atoms with E-state index in [9.17, 15) is 13.2 Å². The molecule has 0 spiro atoms. The molecule has 0 bridgehead atoms. The molecule has 0 saturated carbocycles. The molecule has 0 aromatic heterocycles. The Hall–Kier alpha value is -2.90. The highest BCUT2D eigenvalue weighted by molar-refractivity contribution is 8.16. The largest absolute Gasteiger partial charge is 0.284 e. The van der Waals surface area contributed by atoms with E-state index >= 15 is 0 Å². The maximum atomic E-state index is 13.2. The van der Waals surface area contributed by atoms with Crippen LogP contribution < -0.4 is 4.90 Å². The Balaban J connectivity index is 1.80. The second-order valence-electron chi connectivity index (χ2n) is 6.08. The number of hydrogen-bond donors (Lipinski definition) is 0. The number of amidine groups is 1. The maximum Gasteiger partial charge on any atom is 0.284 e. The Labute approximate surface area is 167 Å². The van der Waals surface area contributed by atoms with Gasteiger partial charge in [-0.25, -0.2) is 0 Å². The van der Waals surface area contributed by atoms with E-state index in [-0.39, 0.29) is 16.0 Å². The predicted molar refractivity (Wildman–Crippen MR) is 112 cm³/mol. The molecule has 1 fully saturated rings. The van der Waals surface area contributed by atoms with Gasteiger partial charge in [-0.2, -0.15) is 8.42 Å². The normalized spacial score (nSPS) is 18.6. The van der Waals surface area contributed by atoms with E-state index in [1.54, 1.807) is 42.5 Å². The average molecular weight is 409 g/mol. The van der Waals surface area contributed by atoms with Crippen LogP contribution in [0.3, 0.4) is 0 Å². The van der Waals surface area contributed by atoms with Crippen LogP contribution in [0.2, 0.25) is 0 Å². The van der Waals surface area contributed by atoms with Gasteiger partial charge in [0.05, 0.1) is 10.6 Å². The third-order valence-electron chi connectivity index (χ3n) is 4.22. The van der Waals surface area contributed by atoms with Crippen LogP contribution in [0.5, 0.6) is 0 Å². The Kier molecular flexibility index (Phi) is 5.02. The molecule has 0 aliphatic carbocycles. The highest BCUT2D eigenvalue weighted by atomic mass is 32.2. The van der Waals surface area contributed by atoms with Gasteiger partial charge in [0, 0.05) is 0 Å². The van der Waals surface area contributed by atoms with Crippen LogP contribution in [0.4, 0.5) is 5.69 Å². The zero-order valence-corrected chi connectivity index (χ0v) is 16.3. The summed E-state index contributed by atoms with van der Waals surface area (Å²) in [5, 5.41) is -0.403. The lowest BCUT2D eigenvalue weighted by Gasteiger charge is -2.16. The van der Waals surface area contributed by atoms with E-state index in [2.05, 4.69) is 4.40 Å². The van der Waals surface area contributed by atoms with E-state index in [1.807, 2.05) is 36.4 Å². The van der Waals surface area contributed by atoms with Crippen molar-refractivity contribution in [3.8, 4) is 0 Å². The molecule has 1 unspecified atom stereocenters. The summed E-state index contributed by atoms with van der Waals surface area (Å²) in [6, 6.07) is 26.2. The second-order valence-corrected chi connectivity index (χ2v) is 8.76. The molecule has 140 valence electrons. The minimum absolute atomic E-state index is 0.0896. The first-order valence-electron chi connectivity index (χ1n) is 8.57. The molecule has 3 aromatic carbocycles. The number of thioether (sulfide) groups is 1. The van der Waals surface area contributed by atoms with Crippen molar-refractivity contribution >= 4 is 38.5 Å². The molecule has 1 saturated heterocycles. The van der Waals surface area contributed by atoms with Crippen molar-refractivity contribution in [2.45, 2.75) is 10.1 Å². The Morgan fingerprint density at radius 3 is 1.93 bits per heavy atom. The van der Waals surface area contributed by atoms with Crippen molar-refractivity contribution in [3.05, 3.63) is 96.6 Å². The van der Waals surface area contributed by atoms with Crippen LogP contribution in [0, 0.1) is 0 Å². The number of anilines is 1. The van der Waals surface area contributed by atoms with E-state index in [4.69, 9.17) is 0 Å². The molecule has 0 radical (unpaired) electrons. The number of para-hydroxylation sites is 1. The zero-order valence-electron chi connectivity index (χ0n) is 14.7. The molecular formula is C21H16N2O3S2. The zero-order chi connectivity index (χ0) is 19.6. The van der Waals surface area contributed by atoms with Gasteiger partial charge in [0.25, 0.3) is 15.9 Å². The van der Waals surface area contributed by atoms with Crippen LogP contribution >= 0.6 is 11.8 Å². The van der Waals surface area contributed by atoms with E-state index < -0.39 is 15.3 Å². The van der Waals surface area contributed by atoms with E-state index in [1.165, 1.54) is 17.0 Å². The maximum absolute atomic E-state index is 13.2. The van der Waals surface area contributed by atoms with Crippen LogP contribution in [-0.4, -0.2) is 19.5 Å². The standard InChI is InChI=1S/C21H16N2O3S2/c24-20-19(16-10-4-1-5-11-16)27-21(23(20)17-12-6-2-7-13-17)22-28(25,26)18-14-8-3-9-15-18/h1-15,19H/b22-21-. The molecule has 3 aromatic rings. The summed E-state index contributed by atoms with van der Waals surface area (Å²) in [7, 11) is -3.94. The number of benzene rings is 3. The molecule has 1 aliphatic rings. The lowest BCUT2D eigenvalue weighted by Crippen LogP contribution is -2.30. The van der Waals surface area contributed by atoms with Gasteiger partial charge < -0.3 is 0 Å². The van der Waals surface area contributed by atoms with E-state index in [0.717, 1.165) is 17.3 Å². The van der Waals surface area contributed by atoms with E-state index in [0.29, 0.717) is 5.69 Å². The number of sulfonamides is 1. The number of carbonyl (C=O) groups excluding carboxylic acids is 1. The quantitative estimate of drug-likeness (QED) is 0.647. The number of hydrogen-bond acceptors (Lipinski definition) is 4. The summed E-state index contributed by atoms with van der Waals surface area (Å²) in [5.74, 6) is -0.218. The van der Waals surface area contributed by atoms with Crippen molar-refractivity contribution in [2.24, 2.45) is 4.40 Å². The van der Waals surface area contributed by atoms with Gasteiger partial charge in [-0.15, -0.1) is 4.40 Å². The molecule has 1 amide bonds. The Bertz CT molecular complexity index is 1120. The lowest BCUT2D eigenvalue weighted by atomic mass is 10.1. The topological polar surface area (TPSA) is 66.8 Å². The number of carbonyl (C=O) groups is 1. The van der Waals surface area contributed by atoms with Crippen molar-refractivity contribution < 1.29 is 13.2 Å². The van der Waals surface area contributed by atoms with Gasteiger partial charge in [-0.05, 0) is 29.8 Å². The van der Waals surface area contributed by atoms with Gasteiger partial charge >= 0.3 is 0 Å². The molecule has 28 heavy (non-hydrogen) atoms. The monoisotopic (exact) mass is 408 g/mol. The minimum Gasteiger partial charge on any atom is -0.272 e.